The molecule has 7 heteroatoms. The standard InChI is InChI=1S/C20H15N5O2/c26-25(27)19-12-10-18(11-13-19)20(24-22-14-21-23-24)17-8-6-16(7-9-17)15-4-2-1-3-5-15/h1-14,20H. The van der Waals surface area contributed by atoms with Gasteiger partial charge in [-0.05, 0) is 39.6 Å². The highest BCUT2D eigenvalue weighted by atomic mass is 16.6. The van der Waals surface area contributed by atoms with Crippen LogP contribution in [0.4, 0.5) is 5.69 Å². The van der Waals surface area contributed by atoms with Crippen LogP contribution >= 0.6 is 0 Å². The van der Waals surface area contributed by atoms with Gasteiger partial charge in [-0.2, -0.15) is 4.80 Å². The summed E-state index contributed by atoms with van der Waals surface area (Å²) in [5.74, 6) is 0. The van der Waals surface area contributed by atoms with Crippen LogP contribution in [0.5, 0.6) is 0 Å². The molecule has 0 radical (unpaired) electrons. The highest BCUT2D eigenvalue weighted by Crippen LogP contribution is 2.29. The number of tetrazole rings is 1. The first-order chi connectivity index (χ1) is 13.2. The monoisotopic (exact) mass is 357 g/mol. The molecule has 1 unspecified atom stereocenters. The third kappa shape index (κ3) is 3.43. The van der Waals surface area contributed by atoms with E-state index in [1.165, 1.54) is 23.3 Å². The largest absolute Gasteiger partial charge is 0.269 e. The molecule has 0 aliphatic rings. The van der Waals surface area contributed by atoms with Gasteiger partial charge in [-0.1, -0.05) is 54.6 Å². The number of aromatic nitrogens is 4. The predicted molar refractivity (Wildman–Crippen MR) is 100 cm³/mol. The topological polar surface area (TPSA) is 86.7 Å². The molecule has 0 bridgehead atoms. The van der Waals surface area contributed by atoms with Crippen molar-refractivity contribution in [3.05, 3.63) is 106 Å². The SMILES string of the molecule is O=[N+]([O-])c1ccc(C(c2ccc(-c3ccccc3)cc2)n2ncnn2)cc1. The van der Waals surface area contributed by atoms with E-state index in [2.05, 4.69) is 27.5 Å². The Labute approximate surface area is 155 Å². The number of rotatable bonds is 5. The van der Waals surface area contributed by atoms with Crippen molar-refractivity contribution < 1.29 is 4.92 Å². The van der Waals surface area contributed by atoms with E-state index < -0.39 is 4.92 Å². The van der Waals surface area contributed by atoms with Gasteiger partial charge in [-0.3, -0.25) is 10.1 Å². The summed E-state index contributed by atoms with van der Waals surface area (Å²) < 4.78 is 0. The predicted octanol–water partition coefficient (Wildman–Crippen LogP) is 3.89. The average molecular weight is 357 g/mol. The fraction of sp³-hybridized carbons (Fsp3) is 0.0500. The lowest BCUT2D eigenvalue weighted by atomic mass is 9.96. The molecule has 0 N–H and O–H groups in total. The number of hydrogen-bond donors (Lipinski definition) is 0. The molecular formula is C20H15N5O2. The second-order valence-electron chi connectivity index (χ2n) is 6.00. The minimum absolute atomic E-state index is 0.0449. The zero-order chi connectivity index (χ0) is 18.6. The zero-order valence-corrected chi connectivity index (χ0v) is 14.2. The van der Waals surface area contributed by atoms with Gasteiger partial charge in [0.1, 0.15) is 6.04 Å². The second kappa shape index (κ2) is 7.17. The molecule has 132 valence electrons. The number of nitro groups is 1. The summed E-state index contributed by atoms with van der Waals surface area (Å²) in [4.78, 5) is 12.0. The molecule has 7 nitrogen and oxygen atoms in total. The summed E-state index contributed by atoms with van der Waals surface area (Å²) in [6, 6.07) is 24.3. The molecular weight excluding hydrogens is 342 g/mol. The fourth-order valence-electron chi connectivity index (χ4n) is 3.02. The number of benzene rings is 3. The molecule has 0 fully saturated rings. The highest BCUT2D eigenvalue weighted by molar-refractivity contribution is 5.63. The van der Waals surface area contributed by atoms with E-state index in [0.717, 1.165) is 22.3 Å². The molecule has 4 rings (SSSR count). The lowest BCUT2D eigenvalue weighted by Gasteiger charge is -2.17. The first-order valence-corrected chi connectivity index (χ1v) is 8.34. The lowest BCUT2D eigenvalue weighted by Crippen LogP contribution is -2.15. The van der Waals surface area contributed by atoms with Crippen LogP contribution in [0, 0.1) is 10.1 Å². The summed E-state index contributed by atoms with van der Waals surface area (Å²) in [5.41, 5.74) is 4.08. The maximum absolute atomic E-state index is 10.9. The minimum Gasteiger partial charge on any atom is -0.258 e. The molecule has 1 aromatic heterocycles. The third-order valence-corrected chi connectivity index (χ3v) is 4.35. The lowest BCUT2D eigenvalue weighted by molar-refractivity contribution is -0.384. The van der Waals surface area contributed by atoms with Crippen LogP contribution in [0.3, 0.4) is 0 Å². The van der Waals surface area contributed by atoms with Crippen molar-refractivity contribution >= 4 is 5.69 Å². The van der Waals surface area contributed by atoms with Gasteiger partial charge in [0.25, 0.3) is 5.69 Å². The van der Waals surface area contributed by atoms with Gasteiger partial charge in [-0.25, -0.2) is 0 Å². The minimum atomic E-state index is -0.416. The van der Waals surface area contributed by atoms with Crippen LogP contribution in [0.25, 0.3) is 11.1 Å². The Bertz CT molecular complexity index is 1030. The second-order valence-corrected chi connectivity index (χ2v) is 6.00. The Morgan fingerprint density at radius 2 is 1.41 bits per heavy atom. The van der Waals surface area contributed by atoms with E-state index >= 15 is 0 Å². The van der Waals surface area contributed by atoms with E-state index in [1.807, 2.05) is 42.5 Å². The van der Waals surface area contributed by atoms with Crippen molar-refractivity contribution in [2.75, 3.05) is 0 Å². The van der Waals surface area contributed by atoms with E-state index in [-0.39, 0.29) is 11.7 Å². The van der Waals surface area contributed by atoms with Gasteiger partial charge in [-0.15, -0.1) is 10.2 Å². The average Bonchev–Trinajstić information content (AvgIpc) is 3.24. The van der Waals surface area contributed by atoms with Crippen LogP contribution in [-0.2, 0) is 0 Å². The molecule has 1 atom stereocenters. The Morgan fingerprint density at radius 3 is 1.96 bits per heavy atom. The normalized spacial score (nSPS) is 11.9. The van der Waals surface area contributed by atoms with Gasteiger partial charge in [0.2, 0.25) is 0 Å². The van der Waals surface area contributed by atoms with Crippen molar-refractivity contribution in [2.24, 2.45) is 0 Å². The van der Waals surface area contributed by atoms with E-state index in [1.54, 1.807) is 12.1 Å². The van der Waals surface area contributed by atoms with Crippen molar-refractivity contribution in [1.29, 1.82) is 0 Å². The molecule has 0 aliphatic carbocycles. The molecule has 0 saturated carbocycles. The van der Waals surface area contributed by atoms with E-state index in [4.69, 9.17) is 0 Å². The maximum atomic E-state index is 10.9. The van der Waals surface area contributed by atoms with Crippen LogP contribution < -0.4 is 0 Å². The molecule has 1 heterocycles. The molecule has 0 spiro atoms. The van der Waals surface area contributed by atoms with E-state index in [9.17, 15) is 10.1 Å². The third-order valence-electron chi connectivity index (χ3n) is 4.35. The van der Waals surface area contributed by atoms with Gasteiger partial charge < -0.3 is 0 Å². The van der Waals surface area contributed by atoms with Crippen molar-refractivity contribution in [2.45, 2.75) is 6.04 Å². The summed E-state index contributed by atoms with van der Waals surface area (Å²) in [7, 11) is 0. The molecule has 27 heavy (non-hydrogen) atoms. The first-order valence-electron chi connectivity index (χ1n) is 8.34. The number of non-ortho nitro benzene ring substituents is 1. The Kier molecular flexibility index (Phi) is 4.40. The van der Waals surface area contributed by atoms with E-state index in [0.29, 0.717) is 0 Å². The number of nitrogens with zero attached hydrogens (tertiary/aromatic N) is 5. The van der Waals surface area contributed by atoms with Crippen LogP contribution in [-0.4, -0.2) is 25.1 Å². The van der Waals surface area contributed by atoms with Crippen LogP contribution in [0.2, 0.25) is 0 Å². The van der Waals surface area contributed by atoms with Crippen molar-refractivity contribution in [1.82, 2.24) is 20.2 Å². The first kappa shape index (κ1) is 16.6. The Morgan fingerprint density at radius 1 is 0.815 bits per heavy atom. The smallest absolute Gasteiger partial charge is 0.258 e. The molecule has 0 saturated heterocycles. The summed E-state index contributed by atoms with van der Waals surface area (Å²) in [6.45, 7) is 0. The molecule has 0 amide bonds. The summed E-state index contributed by atoms with van der Waals surface area (Å²) >= 11 is 0. The Balaban J connectivity index is 1.72. The number of nitro benzene ring substituents is 1. The maximum Gasteiger partial charge on any atom is 0.269 e. The van der Waals surface area contributed by atoms with Crippen LogP contribution in [0.15, 0.2) is 85.2 Å². The van der Waals surface area contributed by atoms with Crippen LogP contribution in [0.1, 0.15) is 17.2 Å². The fourth-order valence-corrected chi connectivity index (χ4v) is 3.02. The Hall–Kier alpha value is -3.87. The van der Waals surface area contributed by atoms with Crippen molar-refractivity contribution in [3.63, 3.8) is 0 Å². The quantitative estimate of drug-likeness (QED) is 0.399. The molecule has 4 aromatic rings. The van der Waals surface area contributed by atoms with Gasteiger partial charge in [0.05, 0.1) is 4.92 Å². The van der Waals surface area contributed by atoms with Gasteiger partial charge in [0, 0.05) is 12.1 Å². The molecule has 0 aliphatic heterocycles. The van der Waals surface area contributed by atoms with Crippen molar-refractivity contribution in [3.8, 4) is 11.1 Å². The summed E-state index contributed by atoms with van der Waals surface area (Å²) in [5, 5.41) is 22.9. The highest BCUT2D eigenvalue weighted by Gasteiger charge is 2.19. The molecule has 3 aromatic carbocycles. The number of hydrogen-bond acceptors (Lipinski definition) is 5. The van der Waals surface area contributed by atoms with Gasteiger partial charge in [0.15, 0.2) is 6.33 Å². The van der Waals surface area contributed by atoms with Gasteiger partial charge >= 0.3 is 0 Å². The zero-order valence-electron chi connectivity index (χ0n) is 14.2. The summed E-state index contributed by atoms with van der Waals surface area (Å²) in [6.07, 6.45) is 1.37.